The average Bonchev–Trinajstić information content (AvgIpc) is 2.41. The predicted octanol–water partition coefficient (Wildman–Crippen LogP) is 5.57. The van der Waals surface area contributed by atoms with Crippen molar-refractivity contribution >= 4 is 28.9 Å². The molecule has 0 aliphatic carbocycles. The highest BCUT2D eigenvalue weighted by atomic mass is 35.5. The van der Waals surface area contributed by atoms with Crippen LogP contribution in [0.3, 0.4) is 0 Å². The Hall–Kier alpha value is -1.38. The summed E-state index contributed by atoms with van der Waals surface area (Å²) in [6.07, 6.45) is 0. The van der Waals surface area contributed by atoms with Gasteiger partial charge in [0.25, 0.3) is 0 Å². The number of ether oxygens (including phenoxy) is 1. The SMILES string of the molecule is CCOc1ccccc1NC(C)c1ccc(Cl)cc1Cl. The van der Waals surface area contributed by atoms with Gasteiger partial charge in [-0.15, -0.1) is 0 Å². The third kappa shape index (κ3) is 3.59. The van der Waals surface area contributed by atoms with Crippen LogP contribution in [0, 0.1) is 0 Å². The number of rotatable bonds is 5. The summed E-state index contributed by atoms with van der Waals surface area (Å²) in [4.78, 5) is 0. The van der Waals surface area contributed by atoms with Crippen molar-refractivity contribution in [3.05, 3.63) is 58.1 Å². The van der Waals surface area contributed by atoms with Crippen molar-refractivity contribution in [2.45, 2.75) is 19.9 Å². The fraction of sp³-hybridized carbons (Fsp3) is 0.250. The molecule has 0 aliphatic heterocycles. The molecule has 0 aromatic heterocycles. The van der Waals surface area contributed by atoms with E-state index in [1.54, 1.807) is 6.07 Å². The van der Waals surface area contributed by atoms with E-state index in [9.17, 15) is 0 Å². The van der Waals surface area contributed by atoms with Gasteiger partial charge < -0.3 is 10.1 Å². The van der Waals surface area contributed by atoms with Gasteiger partial charge in [-0.1, -0.05) is 41.4 Å². The Kier molecular flexibility index (Phi) is 5.16. The van der Waals surface area contributed by atoms with Crippen molar-refractivity contribution in [3.63, 3.8) is 0 Å². The molecule has 0 radical (unpaired) electrons. The molecule has 2 aromatic carbocycles. The molecule has 1 N–H and O–H groups in total. The zero-order chi connectivity index (χ0) is 14.5. The molecule has 0 saturated carbocycles. The van der Waals surface area contributed by atoms with Crippen LogP contribution < -0.4 is 10.1 Å². The van der Waals surface area contributed by atoms with Gasteiger partial charge >= 0.3 is 0 Å². The summed E-state index contributed by atoms with van der Waals surface area (Å²) in [5, 5.41) is 4.72. The Labute approximate surface area is 129 Å². The van der Waals surface area contributed by atoms with Crippen molar-refractivity contribution in [3.8, 4) is 5.75 Å². The van der Waals surface area contributed by atoms with E-state index in [0.717, 1.165) is 17.0 Å². The second kappa shape index (κ2) is 6.87. The molecule has 106 valence electrons. The van der Waals surface area contributed by atoms with E-state index < -0.39 is 0 Å². The molecule has 0 amide bonds. The summed E-state index contributed by atoms with van der Waals surface area (Å²) >= 11 is 12.2. The largest absolute Gasteiger partial charge is 0.492 e. The third-order valence-corrected chi connectivity index (χ3v) is 3.55. The minimum absolute atomic E-state index is 0.0568. The molecule has 0 fully saturated rings. The minimum atomic E-state index is 0.0568. The second-order valence-electron chi connectivity index (χ2n) is 4.46. The van der Waals surface area contributed by atoms with Crippen LogP contribution in [-0.2, 0) is 0 Å². The molecule has 2 rings (SSSR count). The van der Waals surface area contributed by atoms with Gasteiger partial charge in [-0.3, -0.25) is 0 Å². The molecule has 20 heavy (non-hydrogen) atoms. The molecule has 1 unspecified atom stereocenters. The Balaban J connectivity index is 2.21. The lowest BCUT2D eigenvalue weighted by atomic mass is 10.1. The maximum absolute atomic E-state index is 6.24. The zero-order valence-electron chi connectivity index (χ0n) is 11.5. The summed E-state index contributed by atoms with van der Waals surface area (Å²) in [6, 6.07) is 13.5. The lowest BCUT2D eigenvalue weighted by Crippen LogP contribution is -2.08. The Morgan fingerprint density at radius 2 is 1.90 bits per heavy atom. The second-order valence-corrected chi connectivity index (χ2v) is 5.30. The maximum Gasteiger partial charge on any atom is 0.142 e. The molecule has 2 aromatic rings. The van der Waals surface area contributed by atoms with Gasteiger partial charge in [0.15, 0.2) is 0 Å². The first-order chi connectivity index (χ1) is 9.61. The van der Waals surface area contributed by atoms with Gasteiger partial charge in [-0.2, -0.15) is 0 Å². The van der Waals surface area contributed by atoms with Crippen LogP contribution in [0.1, 0.15) is 25.5 Å². The van der Waals surface area contributed by atoms with Crippen LogP contribution in [0.5, 0.6) is 5.75 Å². The number of hydrogen-bond donors (Lipinski definition) is 1. The average molecular weight is 310 g/mol. The Bertz CT molecular complexity index is 586. The molecule has 0 spiro atoms. The Morgan fingerprint density at radius 1 is 1.15 bits per heavy atom. The lowest BCUT2D eigenvalue weighted by Gasteiger charge is -2.19. The molecule has 0 bridgehead atoms. The van der Waals surface area contributed by atoms with E-state index in [1.807, 2.05) is 43.3 Å². The van der Waals surface area contributed by atoms with E-state index in [-0.39, 0.29) is 6.04 Å². The van der Waals surface area contributed by atoms with Crippen LogP contribution in [0.2, 0.25) is 10.0 Å². The monoisotopic (exact) mass is 309 g/mol. The highest BCUT2D eigenvalue weighted by Crippen LogP contribution is 2.31. The fourth-order valence-electron chi connectivity index (χ4n) is 2.03. The molecule has 0 heterocycles. The number of hydrogen-bond acceptors (Lipinski definition) is 2. The van der Waals surface area contributed by atoms with Crippen molar-refractivity contribution < 1.29 is 4.74 Å². The van der Waals surface area contributed by atoms with Crippen molar-refractivity contribution in [1.29, 1.82) is 0 Å². The number of anilines is 1. The van der Waals surface area contributed by atoms with Crippen molar-refractivity contribution in [2.24, 2.45) is 0 Å². The molecular weight excluding hydrogens is 293 g/mol. The van der Waals surface area contributed by atoms with Crippen LogP contribution in [-0.4, -0.2) is 6.61 Å². The van der Waals surface area contributed by atoms with Gasteiger partial charge in [0, 0.05) is 10.0 Å². The predicted molar refractivity (Wildman–Crippen MR) is 86.1 cm³/mol. The standard InChI is InChI=1S/C16H17Cl2NO/c1-3-20-16-7-5-4-6-15(16)19-11(2)13-9-8-12(17)10-14(13)18/h4-11,19H,3H2,1-2H3. The van der Waals surface area contributed by atoms with E-state index in [1.165, 1.54) is 0 Å². The van der Waals surface area contributed by atoms with E-state index in [0.29, 0.717) is 16.7 Å². The molecule has 0 aliphatic rings. The molecule has 2 nitrogen and oxygen atoms in total. The summed E-state index contributed by atoms with van der Waals surface area (Å²) < 4.78 is 5.61. The van der Waals surface area contributed by atoms with Gasteiger partial charge in [-0.05, 0) is 43.7 Å². The van der Waals surface area contributed by atoms with E-state index in [4.69, 9.17) is 27.9 Å². The van der Waals surface area contributed by atoms with Gasteiger partial charge in [-0.25, -0.2) is 0 Å². The first kappa shape index (κ1) is 15.0. The van der Waals surface area contributed by atoms with E-state index >= 15 is 0 Å². The first-order valence-corrected chi connectivity index (χ1v) is 7.30. The first-order valence-electron chi connectivity index (χ1n) is 6.55. The lowest BCUT2D eigenvalue weighted by molar-refractivity contribution is 0.341. The number of benzene rings is 2. The summed E-state index contributed by atoms with van der Waals surface area (Å²) in [6.45, 7) is 4.66. The molecule has 1 atom stereocenters. The normalized spacial score (nSPS) is 12.0. The summed E-state index contributed by atoms with van der Waals surface area (Å²) in [5.74, 6) is 0.840. The Morgan fingerprint density at radius 3 is 2.60 bits per heavy atom. The fourth-order valence-corrected chi connectivity index (χ4v) is 2.60. The van der Waals surface area contributed by atoms with Crippen molar-refractivity contribution in [2.75, 3.05) is 11.9 Å². The van der Waals surface area contributed by atoms with Crippen molar-refractivity contribution in [1.82, 2.24) is 0 Å². The molecular formula is C16H17Cl2NO. The summed E-state index contributed by atoms with van der Waals surface area (Å²) in [7, 11) is 0. The maximum atomic E-state index is 6.24. The summed E-state index contributed by atoms with van der Waals surface area (Å²) in [5.41, 5.74) is 1.95. The van der Waals surface area contributed by atoms with Gasteiger partial charge in [0.2, 0.25) is 0 Å². The number of para-hydroxylation sites is 2. The van der Waals surface area contributed by atoms with Crippen LogP contribution in [0.25, 0.3) is 0 Å². The van der Waals surface area contributed by atoms with Gasteiger partial charge in [0.05, 0.1) is 18.3 Å². The van der Waals surface area contributed by atoms with Crippen LogP contribution in [0.15, 0.2) is 42.5 Å². The quantitative estimate of drug-likeness (QED) is 0.780. The highest BCUT2D eigenvalue weighted by molar-refractivity contribution is 6.35. The minimum Gasteiger partial charge on any atom is -0.492 e. The van der Waals surface area contributed by atoms with E-state index in [2.05, 4.69) is 12.2 Å². The third-order valence-electron chi connectivity index (χ3n) is 2.99. The van der Waals surface area contributed by atoms with Gasteiger partial charge in [0.1, 0.15) is 5.75 Å². The number of nitrogens with one attached hydrogen (secondary N) is 1. The molecule has 4 heteroatoms. The highest BCUT2D eigenvalue weighted by Gasteiger charge is 2.12. The molecule has 0 saturated heterocycles. The smallest absolute Gasteiger partial charge is 0.142 e. The zero-order valence-corrected chi connectivity index (χ0v) is 13.0. The number of halogens is 2. The van der Waals surface area contributed by atoms with Crippen LogP contribution >= 0.6 is 23.2 Å². The topological polar surface area (TPSA) is 21.3 Å². The van der Waals surface area contributed by atoms with Crippen LogP contribution in [0.4, 0.5) is 5.69 Å².